The molecule has 0 bridgehead atoms. The maximum atomic E-state index is 13.4. The number of halogens is 1. The maximum absolute atomic E-state index is 13.4. The number of hydrogen-bond donors (Lipinski definition) is 1. The van der Waals surface area contributed by atoms with Crippen molar-refractivity contribution in [2.45, 2.75) is 44.8 Å². The standard InChI is InChI=1S/C25H28BrN3O/c26-22-9-4-10-23-24(22)20(16-28(23)15-18-6-2-1-3-7-18)17-29(21-11-12-21)25(30)19-8-5-13-27-14-19/h1-4,6-7,9-10,16,19,21,27H,5,8,11-15,17H2. The highest BCUT2D eigenvalue weighted by Crippen LogP contribution is 2.35. The SMILES string of the molecule is O=C(C1CCCNC1)N(Cc1cn(Cc2ccccc2)c2cccc(Br)c12)C1CC1. The molecule has 2 heterocycles. The quantitative estimate of drug-likeness (QED) is 0.559. The zero-order chi connectivity index (χ0) is 20.5. The van der Waals surface area contributed by atoms with Crippen molar-refractivity contribution in [3.8, 4) is 0 Å². The number of amides is 1. The molecule has 1 unspecified atom stereocenters. The van der Waals surface area contributed by atoms with Crippen molar-refractivity contribution in [1.29, 1.82) is 0 Å². The zero-order valence-corrected chi connectivity index (χ0v) is 18.8. The fourth-order valence-electron chi connectivity index (χ4n) is 4.68. The van der Waals surface area contributed by atoms with Gasteiger partial charge in [0.2, 0.25) is 5.91 Å². The lowest BCUT2D eigenvalue weighted by molar-refractivity contribution is -0.137. The molecule has 5 rings (SSSR count). The fraction of sp³-hybridized carbons (Fsp3) is 0.400. The van der Waals surface area contributed by atoms with E-state index in [1.807, 2.05) is 0 Å². The average Bonchev–Trinajstić information content (AvgIpc) is 3.56. The van der Waals surface area contributed by atoms with Gasteiger partial charge >= 0.3 is 0 Å². The molecule has 2 aromatic carbocycles. The highest BCUT2D eigenvalue weighted by atomic mass is 79.9. The molecule has 0 spiro atoms. The van der Waals surface area contributed by atoms with Crippen LogP contribution in [0.5, 0.6) is 0 Å². The van der Waals surface area contributed by atoms with Gasteiger partial charge in [0, 0.05) is 47.2 Å². The van der Waals surface area contributed by atoms with Gasteiger partial charge in [-0.2, -0.15) is 0 Å². The van der Waals surface area contributed by atoms with E-state index in [1.165, 1.54) is 22.0 Å². The van der Waals surface area contributed by atoms with Crippen molar-refractivity contribution in [3.05, 3.63) is 70.3 Å². The first-order valence-corrected chi connectivity index (χ1v) is 11.8. The Morgan fingerprint density at radius 1 is 1.10 bits per heavy atom. The summed E-state index contributed by atoms with van der Waals surface area (Å²) in [5.41, 5.74) is 3.73. The van der Waals surface area contributed by atoms with Gasteiger partial charge in [-0.25, -0.2) is 0 Å². The number of nitrogens with zero attached hydrogens (tertiary/aromatic N) is 2. The third kappa shape index (κ3) is 4.06. The van der Waals surface area contributed by atoms with Gasteiger partial charge in [0.25, 0.3) is 0 Å². The van der Waals surface area contributed by atoms with Crippen molar-refractivity contribution in [1.82, 2.24) is 14.8 Å². The second kappa shape index (κ2) is 8.56. The predicted molar refractivity (Wildman–Crippen MR) is 124 cm³/mol. The van der Waals surface area contributed by atoms with Crippen LogP contribution in [0.4, 0.5) is 0 Å². The molecule has 1 atom stereocenters. The van der Waals surface area contributed by atoms with Crippen LogP contribution in [0.3, 0.4) is 0 Å². The van der Waals surface area contributed by atoms with Crippen LogP contribution < -0.4 is 5.32 Å². The van der Waals surface area contributed by atoms with Crippen LogP contribution >= 0.6 is 15.9 Å². The first-order chi connectivity index (χ1) is 14.7. The van der Waals surface area contributed by atoms with Crippen molar-refractivity contribution < 1.29 is 4.79 Å². The third-order valence-electron chi connectivity index (χ3n) is 6.39. The van der Waals surface area contributed by atoms with Gasteiger partial charge in [-0.3, -0.25) is 4.79 Å². The number of rotatable bonds is 6. The van der Waals surface area contributed by atoms with Gasteiger partial charge < -0.3 is 14.8 Å². The van der Waals surface area contributed by atoms with E-state index in [0.717, 1.165) is 49.8 Å². The van der Waals surface area contributed by atoms with Gasteiger partial charge in [0.1, 0.15) is 0 Å². The van der Waals surface area contributed by atoms with Crippen molar-refractivity contribution >= 4 is 32.7 Å². The molecular weight excluding hydrogens is 438 g/mol. The van der Waals surface area contributed by atoms with E-state index in [0.29, 0.717) is 18.5 Å². The summed E-state index contributed by atoms with van der Waals surface area (Å²) in [4.78, 5) is 15.5. The fourth-order valence-corrected chi connectivity index (χ4v) is 5.29. The summed E-state index contributed by atoms with van der Waals surface area (Å²) in [5.74, 6) is 0.459. The number of aromatic nitrogens is 1. The Kier molecular flexibility index (Phi) is 5.66. The summed E-state index contributed by atoms with van der Waals surface area (Å²) < 4.78 is 3.42. The summed E-state index contributed by atoms with van der Waals surface area (Å²) in [6.07, 6.45) is 6.63. The molecule has 1 aromatic heterocycles. The normalized spacial score (nSPS) is 19.2. The number of hydrogen-bond acceptors (Lipinski definition) is 2. The molecule has 1 aliphatic carbocycles. The molecule has 3 aromatic rings. The van der Waals surface area contributed by atoms with Crippen LogP contribution in [0.25, 0.3) is 10.9 Å². The second-order valence-corrected chi connectivity index (χ2v) is 9.50. The van der Waals surface area contributed by atoms with E-state index in [1.54, 1.807) is 0 Å². The topological polar surface area (TPSA) is 37.3 Å². The number of fused-ring (bicyclic) bond motifs is 1. The van der Waals surface area contributed by atoms with Gasteiger partial charge in [-0.05, 0) is 55.5 Å². The largest absolute Gasteiger partial charge is 0.343 e. The van der Waals surface area contributed by atoms with Crippen molar-refractivity contribution in [2.75, 3.05) is 13.1 Å². The van der Waals surface area contributed by atoms with Crippen LogP contribution in [-0.4, -0.2) is 34.5 Å². The first kappa shape index (κ1) is 19.8. The van der Waals surface area contributed by atoms with E-state index >= 15 is 0 Å². The van der Waals surface area contributed by atoms with E-state index in [4.69, 9.17) is 0 Å². The molecular formula is C25H28BrN3O. The molecule has 1 saturated carbocycles. The number of nitrogens with one attached hydrogen (secondary N) is 1. The first-order valence-electron chi connectivity index (χ1n) is 11.0. The second-order valence-electron chi connectivity index (χ2n) is 8.64. The Labute approximate surface area is 186 Å². The number of carbonyl (C=O) groups is 1. The molecule has 1 amide bonds. The van der Waals surface area contributed by atoms with Gasteiger partial charge in [0.05, 0.1) is 5.92 Å². The molecule has 1 aliphatic heterocycles. The van der Waals surface area contributed by atoms with Gasteiger partial charge in [-0.15, -0.1) is 0 Å². The van der Waals surface area contributed by atoms with Gasteiger partial charge in [-0.1, -0.05) is 52.3 Å². The Morgan fingerprint density at radius 3 is 2.67 bits per heavy atom. The van der Waals surface area contributed by atoms with Crippen LogP contribution in [-0.2, 0) is 17.9 Å². The Morgan fingerprint density at radius 2 is 1.93 bits per heavy atom. The smallest absolute Gasteiger partial charge is 0.227 e. The van der Waals surface area contributed by atoms with E-state index in [9.17, 15) is 4.79 Å². The lowest BCUT2D eigenvalue weighted by Crippen LogP contribution is -2.43. The minimum atomic E-state index is 0.125. The summed E-state index contributed by atoms with van der Waals surface area (Å²) in [7, 11) is 0. The van der Waals surface area contributed by atoms with Crippen LogP contribution in [0.2, 0.25) is 0 Å². The molecule has 156 valence electrons. The van der Waals surface area contributed by atoms with Crippen LogP contribution in [0.1, 0.15) is 36.8 Å². The number of carbonyl (C=O) groups excluding carboxylic acids is 1. The molecule has 4 nitrogen and oxygen atoms in total. The molecule has 30 heavy (non-hydrogen) atoms. The minimum Gasteiger partial charge on any atom is -0.343 e. The lowest BCUT2D eigenvalue weighted by Gasteiger charge is -2.30. The van der Waals surface area contributed by atoms with E-state index in [2.05, 4.69) is 85.4 Å². The van der Waals surface area contributed by atoms with Crippen LogP contribution in [0, 0.1) is 5.92 Å². The molecule has 2 aliphatic rings. The predicted octanol–water partition coefficient (Wildman–Crippen LogP) is 4.94. The lowest BCUT2D eigenvalue weighted by atomic mass is 9.97. The summed E-state index contributed by atoms with van der Waals surface area (Å²) in [6, 6.07) is 17.3. The number of piperidine rings is 1. The average molecular weight is 466 g/mol. The Hall–Kier alpha value is -2.11. The van der Waals surface area contributed by atoms with E-state index in [-0.39, 0.29) is 5.92 Å². The zero-order valence-electron chi connectivity index (χ0n) is 17.2. The highest BCUT2D eigenvalue weighted by Gasteiger charge is 2.36. The molecule has 1 saturated heterocycles. The van der Waals surface area contributed by atoms with Crippen molar-refractivity contribution in [2.24, 2.45) is 5.92 Å². The van der Waals surface area contributed by atoms with Crippen LogP contribution in [0.15, 0.2) is 59.2 Å². The summed E-state index contributed by atoms with van der Waals surface area (Å²) >= 11 is 3.78. The number of benzene rings is 2. The Balaban J connectivity index is 1.47. The Bertz CT molecular complexity index is 1040. The third-order valence-corrected chi connectivity index (χ3v) is 7.05. The van der Waals surface area contributed by atoms with E-state index < -0.39 is 0 Å². The summed E-state index contributed by atoms with van der Waals surface area (Å²) in [6.45, 7) is 3.38. The molecule has 5 heteroatoms. The minimum absolute atomic E-state index is 0.125. The van der Waals surface area contributed by atoms with Gasteiger partial charge in [0.15, 0.2) is 0 Å². The molecule has 1 N–H and O–H groups in total. The summed E-state index contributed by atoms with van der Waals surface area (Å²) in [5, 5.41) is 4.64. The highest BCUT2D eigenvalue weighted by molar-refractivity contribution is 9.10. The van der Waals surface area contributed by atoms with Crippen molar-refractivity contribution in [3.63, 3.8) is 0 Å². The molecule has 0 radical (unpaired) electrons. The maximum Gasteiger partial charge on any atom is 0.227 e. The molecule has 2 fully saturated rings. The monoisotopic (exact) mass is 465 g/mol.